The Morgan fingerprint density at radius 3 is 2.60 bits per heavy atom. The van der Waals surface area contributed by atoms with Crippen molar-refractivity contribution in [3.05, 3.63) is 42.0 Å². The summed E-state index contributed by atoms with van der Waals surface area (Å²) >= 11 is 0. The van der Waals surface area contributed by atoms with Gasteiger partial charge in [0.05, 0.1) is 6.34 Å². The Kier molecular flexibility index (Phi) is 4.29. The summed E-state index contributed by atoms with van der Waals surface area (Å²) in [7, 11) is 0. The van der Waals surface area contributed by atoms with Gasteiger partial charge in [-0.3, -0.25) is 10.2 Å². The highest BCUT2D eigenvalue weighted by atomic mass is 16.1. The second-order valence-corrected chi connectivity index (χ2v) is 3.01. The summed E-state index contributed by atoms with van der Waals surface area (Å²) in [5, 5.41) is 9.20. The second-order valence-electron chi connectivity index (χ2n) is 3.01. The summed E-state index contributed by atoms with van der Waals surface area (Å²) < 4.78 is 0. The molecule has 0 saturated heterocycles. The third kappa shape index (κ3) is 3.06. The lowest BCUT2D eigenvalue weighted by atomic mass is 10.0. The summed E-state index contributed by atoms with van der Waals surface area (Å²) in [6.45, 7) is 1.97. The number of hydrogen-bond donors (Lipinski definition) is 2. The van der Waals surface area contributed by atoms with Crippen LogP contribution in [0.4, 0.5) is 0 Å². The van der Waals surface area contributed by atoms with Crippen LogP contribution in [0.15, 0.2) is 36.4 Å². The van der Waals surface area contributed by atoms with Crippen molar-refractivity contribution in [2.45, 2.75) is 13.3 Å². The monoisotopic (exact) mass is 202 g/mol. The Hall–Kier alpha value is -1.90. The number of benzene rings is 1. The average Bonchev–Trinajstić information content (AvgIpc) is 2.27. The Bertz CT molecular complexity index is 368. The number of amides is 1. The molecule has 1 aromatic carbocycles. The van der Waals surface area contributed by atoms with Gasteiger partial charge in [0.15, 0.2) is 0 Å². The molecule has 0 fully saturated rings. The van der Waals surface area contributed by atoms with Gasteiger partial charge in [-0.05, 0) is 12.0 Å². The van der Waals surface area contributed by atoms with E-state index < -0.39 is 0 Å². The molecule has 2 N–H and O–H groups in total. The van der Waals surface area contributed by atoms with Crippen molar-refractivity contribution in [3.63, 3.8) is 0 Å². The minimum atomic E-state index is -0.238. The molecule has 1 amide bonds. The molecule has 0 atom stereocenters. The molecule has 0 radical (unpaired) electrons. The van der Waals surface area contributed by atoms with Gasteiger partial charge in [-0.2, -0.15) is 0 Å². The van der Waals surface area contributed by atoms with Gasteiger partial charge in [0.25, 0.3) is 5.91 Å². The molecule has 0 heterocycles. The highest BCUT2D eigenvalue weighted by molar-refractivity contribution is 6.22. The van der Waals surface area contributed by atoms with Crippen molar-refractivity contribution in [1.82, 2.24) is 5.32 Å². The summed E-state index contributed by atoms with van der Waals surface area (Å²) in [6, 6.07) is 9.44. The van der Waals surface area contributed by atoms with Crippen LogP contribution in [0.1, 0.15) is 18.9 Å². The van der Waals surface area contributed by atoms with Gasteiger partial charge >= 0.3 is 0 Å². The molecule has 3 heteroatoms. The van der Waals surface area contributed by atoms with Crippen molar-refractivity contribution in [2.24, 2.45) is 0 Å². The van der Waals surface area contributed by atoms with Gasteiger partial charge in [0.2, 0.25) is 0 Å². The zero-order valence-electron chi connectivity index (χ0n) is 8.66. The van der Waals surface area contributed by atoms with Crippen molar-refractivity contribution < 1.29 is 4.79 Å². The zero-order valence-corrected chi connectivity index (χ0v) is 8.66. The molecule has 0 aliphatic rings. The molecule has 0 spiro atoms. The van der Waals surface area contributed by atoms with Crippen molar-refractivity contribution in [2.75, 3.05) is 0 Å². The Balaban J connectivity index is 2.99. The normalized spacial score (nSPS) is 10.9. The smallest absolute Gasteiger partial charge is 0.256 e. The van der Waals surface area contributed by atoms with Gasteiger partial charge < -0.3 is 5.32 Å². The lowest BCUT2D eigenvalue weighted by Gasteiger charge is -2.05. The van der Waals surface area contributed by atoms with Crippen LogP contribution in [0, 0.1) is 5.41 Å². The molecule has 1 rings (SSSR count). The van der Waals surface area contributed by atoms with E-state index in [0.29, 0.717) is 5.57 Å². The molecule has 0 saturated carbocycles. The largest absolute Gasteiger partial charge is 0.313 e. The summed E-state index contributed by atoms with van der Waals surface area (Å²) in [5.41, 5.74) is 1.49. The molecular formula is C12H14N2O. The van der Waals surface area contributed by atoms with Gasteiger partial charge in [0.1, 0.15) is 0 Å². The molecule has 0 bridgehead atoms. The van der Waals surface area contributed by atoms with E-state index in [0.717, 1.165) is 18.3 Å². The van der Waals surface area contributed by atoms with Crippen LogP contribution in [0.5, 0.6) is 0 Å². The number of carbonyl (C=O) groups is 1. The molecular weight excluding hydrogens is 188 g/mol. The van der Waals surface area contributed by atoms with Crippen molar-refractivity contribution in [3.8, 4) is 0 Å². The number of carbonyl (C=O) groups excluding carboxylic acids is 1. The van der Waals surface area contributed by atoms with Crippen molar-refractivity contribution in [1.29, 1.82) is 5.41 Å². The first-order chi connectivity index (χ1) is 7.29. The third-order valence-corrected chi connectivity index (χ3v) is 1.94. The highest BCUT2D eigenvalue weighted by Gasteiger charge is 2.08. The molecule has 0 aliphatic heterocycles. The van der Waals surface area contributed by atoms with E-state index >= 15 is 0 Å². The molecule has 0 aliphatic carbocycles. The van der Waals surface area contributed by atoms with Crippen LogP contribution >= 0.6 is 0 Å². The van der Waals surface area contributed by atoms with Crippen molar-refractivity contribution >= 4 is 17.8 Å². The highest BCUT2D eigenvalue weighted by Crippen LogP contribution is 2.14. The van der Waals surface area contributed by atoms with Crippen LogP contribution in [0.2, 0.25) is 0 Å². The molecule has 78 valence electrons. The van der Waals surface area contributed by atoms with E-state index in [2.05, 4.69) is 5.32 Å². The standard InChI is InChI=1S/C12H14N2O/c1-2-6-11(12(15)14-9-13)10-7-4-3-5-8-10/h3-9H,2H2,1H3,(H2,13,14,15)/b11-6+. The summed E-state index contributed by atoms with van der Waals surface area (Å²) in [6.07, 6.45) is 3.54. The molecule has 1 aromatic rings. The van der Waals surface area contributed by atoms with E-state index in [4.69, 9.17) is 5.41 Å². The Morgan fingerprint density at radius 2 is 2.07 bits per heavy atom. The number of rotatable bonds is 4. The fraction of sp³-hybridized carbons (Fsp3) is 0.167. The maximum atomic E-state index is 11.6. The molecule has 15 heavy (non-hydrogen) atoms. The van der Waals surface area contributed by atoms with E-state index in [1.54, 1.807) is 0 Å². The summed E-state index contributed by atoms with van der Waals surface area (Å²) in [5.74, 6) is -0.238. The van der Waals surface area contributed by atoms with Crippen LogP contribution < -0.4 is 5.32 Å². The number of nitrogens with one attached hydrogen (secondary N) is 2. The predicted molar refractivity (Wildman–Crippen MR) is 61.6 cm³/mol. The quantitative estimate of drug-likeness (QED) is 0.439. The van der Waals surface area contributed by atoms with Crippen LogP contribution in [0.25, 0.3) is 5.57 Å². The minimum Gasteiger partial charge on any atom is -0.313 e. The van der Waals surface area contributed by atoms with Crippen LogP contribution in [-0.4, -0.2) is 12.2 Å². The minimum absolute atomic E-state index is 0.238. The fourth-order valence-electron chi connectivity index (χ4n) is 1.31. The van der Waals surface area contributed by atoms with E-state index in [1.165, 1.54) is 0 Å². The topological polar surface area (TPSA) is 53.0 Å². The lowest BCUT2D eigenvalue weighted by molar-refractivity contribution is -0.114. The first-order valence-corrected chi connectivity index (χ1v) is 4.85. The number of hydrogen-bond acceptors (Lipinski definition) is 2. The number of allylic oxidation sites excluding steroid dienone is 1. The lowest BCUT2D eigenvalue weighted by Crippen LogP contribution is -2.22. The van der Waals surface area contributed by atoms with Gasteiger partial charge in [-0.1, -0.05) is 43.3 Å². The SMILES string of the molecule is CC/C=C(/C(=O)NC=N)c1ccccc1. The summed E-state index contributed by atoms with van der Waals surface area (Å²) in [4.78, 5) is 11.6. The first-order valence-electron chi connectivity index (χ1n) is 4.85. The van der Waals surface area contributed by atoms with E-state index in [1.807, 2.05) is 43.3 Å². The molecule has 0 unspecified atom stereocenters. The van der Waals surface area contributed by atoms with E-state index in [-0.39, 0.29) is 5.91 Å². The molecule has 3 nitrogen and oxygen atoms in total. The Labute approximate surface area is 89.3 Å². The van der Waals surface area contributed by atoms with Crippen LogP contribution in [-0.2, 0) is 4.79 Å². The average molecular weight is 202 g/mol. The fourth-order valence-corrected chi connectivity index (χ4v) is 1.31. The van der Waals surface area contributed by atoms with E-state index in [9.17, 15) is 4.79 Å². The van der Waals surface area contributed by atoms with Gasteiger partial charge in [-0.15, -0.1) is 0 Å². The third-order valence-electron chi connectivity index (χ3n) is 1.94. The van der Waals surface area contributed by atoms with Crippen LogP contribution in [0.3, 0.4) is 0 Å². The maximum absolute atomic E-state index is 11.6. The maximum Gasteiger partial charge on any atom is 0.256 e. The molecule has 0 aromatic heterocycles. The van der Waals surface area contributed by atoms with Gasteiger partial charge in [-0.25, -0.2) is 0 Å². The predicted octanol–water partition coefficient (Wildman–Crippen LogP) is 2.20. The first kappa shape index (κ1) is 11.2. The Morgan fingerprint density at radius 1 is 1.40 bits per heavy atom. The second kappa shape index (κ2) is 5.75. The van der Waals surface area contributed by atoms with Gasteiger partial charge in [0, 0.05) is 5.57 Å². The zero-order chi connectivity index (χ0) is 11.1.